The summed E-state index contributed by atoms with van der Waals surface area (Å²) in [7, 11) is 0. The Kier molecular flexibility index (Phi) is 3.90. The van der Waals surface area contributed by atoms with E-state index in [4.69, 9.17) is 9.72 Å². The lowest BCUT2D eigenvalue weighted by molar-refractivity contribution is 0.120. The maximum absolute atomic E-state index is 5.72. The highest BCUT2D eigenvalue weighted by Crippen LogP contribution is 2.32. The van der Waals surface area contributed by atoms with E-state index >= 15 is 0 Å². The second kappa shape index (κ2) is 6.02. The summed E-state index contributed by atoms with van der Waals surface area (Å²) in [4.78, 5) is 5.97. The minimum absolute atomic E-state index is 0.300. The first-order valence-electron chi connectivity index (χ1n) is 7.38. The quantitative estimate of drug-likeness (QED) is 0.731. The lowest BCUT2D eigenvalue weighted by atomic mass is 10.2. The SMILES string of the molecule is Brc1ccc2nc(-c3cccs3)c(NC[C@@H]3CCCO3)n2c1. The van der Waals surface area contributed by atoms with E-state index in [-0.39, 0.29) is 0 Å². The molecular weight excluding hydrogens is 362 g/mol. The van der Waals surface area contributed by atoms with Crippen LogP contribution in [0, 0.1) is 0 Å². The average molecular weight is 378 g/mol. The number of pyridine rings is 1. The highest BCUT2D eigenvalue weighted by atomic mass is 79.9. The van der Waals surface area contributed by atoms with Crippen molar-refractivity contribution in [3.63, 3.8) is 0 Å². The van der Waals surface area contributed by atoms with Gasteiger partial charge < -0.3 is 10.1 Å². The van der Waals surface area contributed by atoms with Crippen LogP contribution in [0.15, 0.2) is 40.3 Å². The summed E-state index contributed by atoms with van der Waals surface area (Å²) in [5, 5.41) is 5.64. The standard InChI is InChI=1S/C16H16BrN3OS/c17-11-5-6-14-19-15(13-4-2-8-22-13)16(20(14)10-11)18-9-12-3-1-7-21-12/h2,4-6,8,10,12,18H,1,3,7,9H2/t12-/m0/s1. The van der Waals surface area contributed by atoms with Crippen LogP contribution in [0.5, 0.6) is 0 Å². The third-order valence-electron chi connectivity index (χ3n) is 3.86. The van der Waals surface area contributed by atoms with Crippen LogP contribution < -0.4 is 5.32 Å². The van der Waals surface area contributed by atoms with Gasteiger partial charge in [0.2, 0.25) is 0 Å². The van der Waals surface area contributed by atoms with Crippen molar-refractivity contribution in [3.05, 3.63) is 40.3 Å². The average Bonchev–Trinajstić information content (AvgIpc) is 3.25. The third kappa shape index (κ3) is 2.66. The van der Waals surface area contributed by atoms with Crippen molar-refractivity contribution >= 4 is 38.7 Å². The maximum atomic E-state index is 5.72. The molecule has 1 fully saturated rings. The van der Waals surface area contributed by atoms with Gasteiger partial charge in [0.25, 0.3) is 0 Å². The van der Waals surface area contributed by atoms with Gasteiger partial charge in [-0.05, 0) is 52.4 Å². The van der Waals surface area contributed by atoms with E-state index < -0.39 is 0 Å². The first-order valence-corrected chi connectivity index (χ1v) is 9.05. The van der Waals surface area contributed by atoms with E-state index in [0.717, 1.165) is 47.6 Å². The summed E-state index contributed by atoms with van der Waals surface area (Å²) >= 11 is 5.25. The molecule has 4 rings (SSSR count). The molecule has 0 unspecified atom stereocenters. The molecule has 0 aliphatic carbocycles. The third-order valence-corrected chi connectivity index (χ3v) is 5.20. The number of ether oxygens (including phenoxy) is 1. The molecule has 0 radical (unpaired) electrons. The minimum atomic E-state index is 0.300. The molecule has 22 heavy (non-hydrogen) atoms. The zero-order valence-corrected chi connectivity index (χ0v) is 14.4. The number of anilines is 1. The van der Waals surface area contributed by atoms with Crippen molar-refractivity contribution in [3.8, 4) is 10.6 Å². The van der Waals surface area contributed by atoms with Gasteiger partial charge in [-0.15, -0.1) is 11.3 Å². The van der Waals surface area contributed by atoms with Gasteiger partial charge in [-0.2, -0.15) is 0 Å². The van der Waals surface area contributed by atoms with E-state index in [1.165, 1.54) is 4.88 Å². The Labute approximate surface area is 141 Å². The number of imidazole rings is 1. The van der Waals surface area contributed by atoms with E-state index in [2.05, 4.69) is 49.4 Å². The molecule has 1 N–H and O–H groups in total. The summed E-state index contributed by atoms with van der Waals surface area (Å²) in [5.41, 5.74) is 1.95. The van der Waals surface area contributed by atoms with Crippen LogP contribution in [-0.2, 0) is 4.74 Å². The summed E-state index contributed by atoms with van der Waals surface area (Å²) in [5.74, 6) is 1.04. The highest BCUT2D eigenvalue weighted by molar-refractivity contribution is 9.10. The van der Waals surface area contributed by atoms with Crippen LogP contribution in [0.25, 0.3) is 16.2 Å². The molecule has 0 saturated carbocycles. The molecule has 0 spiro atoms. The minimum Gasteiger partial charge on any atom is -0.376 e. The largest absolute Gasteiger partial charge is 0.376 e. The fourth-order valence-electron chi connectivity index (χ4n) is 2.79. The molecule has 0 bridgehead atoms. The predicted molar refractivity (Wildman–Crippen MR) is 93.7 cm³/mol. The lowest BCUT2D eigenvalue weighted by Gasteiger charge is -2.12. The molecule has 3 aromatic heterocycles. The van der Waals surface area contributed by atoms with E-state index in [1.807, 2.05) is 12.1 Å². The molecule has 0 amide bonds. The molecule has 4 nitrogen and oxygen atoms in total. The van der Waals surface area contributed by atoms with Crippen molar-refractivity contribution in [1.29, 1.82) is 0 Å². The van der Waals surface area contributed by atoms with Crippen molar-refractivity contribution < 1.29 is 4.74 Å². The monoisotopic (exact) mass is 377 g/mol. The number of nitrogens with zero attached hydrogens (tertiary/aromatic N) is 2. The number of hydrogen-bond donors (Lipinski definition) is 1. The Bertz CT molecular complexity index is 778. The van der Waals surface area contributed by atoms with Crippen molar-refractivity contribution in [2.75, 3.05) is 18.5 Å². The van der Waals surface area contributed by atoms with Crippen LogP contribution in [0.3, 0.4) is 0 Å². The van der Waals surface area contributed by atoms with Crippen LogP contribution >= 0.6 is 27.3 Å². The zero-order chi connectivity index (χ0) is 14.9. The molecular formula is C16H16BrN3OS. The summed E-state index contributed by atoms with van der Waals surface area (Å²) in [6.45, 7) is 1.70. The van der Waals surface area contributed by atoms with Gasteiger partial charge in [-0.25, -0.2) is 4.98 Å². The Morgan fingerprint density at radius 2 is 2.36 bits per heavy atom. The molecule has 6 heteroatoms. The van der Waals surface area contributed by atoms with Crippen molar-refractivity contribution in [1.82, 2.24) is 9.38 Å². The van der Waals surface area contributed by atoms with Gasteiger partial charge in [0.05, 0.1) is 11.0 Å². The number of thiophene rings is 1. The smallest absolute Gasteiger partial charge is 0.139 e. The molecule has 1 atom stereocenters. The van der Waals surface area contributed by atoms with E-state index in [1.54, 1.807) is 11.3 Å². The van der Waals surface area contributed by atoms with Crippen LogP contribution in [0.1, 0.15) is 12.8 Å². The topological polar surface area (TPSA) is 38.6 Å². The van der Waals surface area contributed by atoms with Gasteiger partial charge in [-0.3, -0.25) is 4.40 Å². The maximum Gasteiger partial charge on any atom is 0.139 e. The Hall–Kier alpha value is -1.37. The highest BCUT2D eigenvalue weighted by Gasteiger charge is 2.19. The molecule has 1 saturated heterocycles. The van der Waals surface area contributed by atoms with Crippen LogP contribution in [0.2, 0.25) is 0 Å². The fraction of sp³-hybridized carbons (Fsp3) is 0.312. The molecule has 114 valence electrons. The van der Waals surface area contributed by atoms with Gasteiger partial charge in [0.1, 0.15) is 17.2 Å². The number of nitrogens with one attached hydrogen (secondary N) is 1. The lowest BCUT2D eigenvalue weighted by Crippen LogP contribution is -2.19. The molecule has 3 aromatic rings. The van der Waals surface area contributed by atoms with Gasteiger partial charge in [0.15, 0.2) is 0 Å². The predicted octanol–water partition coefficient (Wildman–Crippen LogP) is 4.42. The van der Waals surface area contributed by atoms with Crippen LogP contribution in [0.4, 0.5) is 5.82 Å². The first-order chi connectivity index (χ1) is 10.8. The Morgan fingerprint density at radius 1 is 1.41 bits per heavy atom. The second-order valence-corrected chi connectivity index (χ2v) is 7.24. The van der Waals surface area contributed by atoms with E-state index in [0.29, 0.717) is 6.10 Å². The number of aromatic nitrogens is 2. The second-order valence-electron chi connectivity index (χ2n) is 5.38. The summed E-state index contributed by atoms with van der Waals surface area (Å²) in [6.07, 6.45) is 4.64. The summed E-state index contributed by atoms with van der Waals surface area (Å²) < 4.78 is 8.86. The number of fused-ring (bicyclic) bond motifs is 1. The zero-order valence-electron chi connectivity index (χ0n) is 12.0. The molecule has 1 aliphatic heterocycles. The van der Waals surface area contributed by atoms with E-state index in [9.17, 15) is 0 Å². The van der Waals surface area contributed by atoms with Gasteiger partial charge in [-0.1, -0.05) is 6.07 Å². The molecule has 1 aliphatic rings. The fourth-order valence-corrected chi connectivity index (χ4v) is 3.84. The van der Waals surface area contributed by atoms with Crippen molar-refractivity contribution in [2.45, 2.75) is 18.9 Å². The Balaban J connectivity index is 1.74. The van der Waals surface area contributed by atoms with Crippen LogP contribution in [-0.4, -0.2) is 28.6 Å². The summed E-state index contributed by atoms with van der Waals surface area (Å²) in [6, 6.07) is 8.21. The Morgan fingerprint density at radius 3 is 3.14 bits per heavy atom. The van der Waals surface area contributed by atoms with Gasteiger partial charge in [0, 0.05) is 23.8 Å². The number of hydrogen-bond acceptors (Lipinski definition) is 4. The van der Waals surface area contributed by atoms with Crippen molar-refractivity contribution in [2.24, 2.45) is 0 Å². The molecule has 0 aromatic carbocycles. The number of rotatable bonds is 4. The normalized spacial score (nSPS) is 18.1. The van der Waals surface area contributed by atoms with Gasteiger partial charge >= 0.3 is 0 Å². The molecule has 4 heterocycles. The first kappa shape index (κ1) is 14.2. The number of halogens is 1.